The fourth-order valence-electron chi connectivity index (χ4n) is 2.64. The van der Waals surface area contributed by atoms with Gasteiger partial charge in [-0.15, -0.1) is 11.8 Å². The van der Waals surface area contributed by atoms with E-state index in [2.05, 4.69) is 10.2 Å². The number of carbonyl (C=O) groups excluding carboxylic acids is 1. The van der Waals surface area contributed by atoms with Crippen molar-refractivity contribution in [2.24, 2.45) is 5.92 Å². The molecule has 1 N–H and O–H groups in total. The van der Waals surface area contributed by atoms with Crippen LogP contribution < -0.4 is 5.32 Å². The fourth-order valence-corrected chi connectivity index (χ4v) is 3.49. The maximum atomic E-state index is 12.8. The molecule has 0 unspecified atom stereocenters. The molecule has 23 heavy (non-hydrogen) atoms. The van der Waals surface area contributed by atoms with Crippen molar-refractivity contribution in [3.05, 3.63) is 30.1 Å². The zero-order valence-electron chi connectivity index (χ0n) is 13.6. The van der Waals surface area contributed by atoms with Crippen LogP contribution in [0.2, 0.25) is 0 Å². The third kappa shape index (κ3) is 6.89. The first kappa shape index (κ1) is 18.2. The van der Waals surface area contributed by atoms with Gasteiger partial charge in [-0.2, -0.15) is 0 Å². The van der Waals surface area contributed by atoms with Gasteiger partial charge in [-0.25, -0.2) is 4.39 Å². The molecule has 1 heterocycles. The minimum Gasteiger partial charge on any atom is -0.383 e. The van der Waals surface area contributed by atoms with Gasteiger partial charge < -0.3 is 15.0 Å². The Balaban J connectivity index is 1.56. The first-order chi connectivity index (χ1) is 11.2. The molecule has 1 amide bonds. The van der Waals surface area contributed by atoms with Crippen molar-refractivity contribution >= 4 is 17.7 Å². The van der Waals surface area contributed by atoms with Crippen LogP contribution in [-0.4, -0.2) is 56.5 Å². The van der Waals surface area contributed by atoms with Crippen LogP contribution >= 0.6 is 11.8 Å². The van der Waals surface area contributed by atoms with E-state index in [-0.39, 0.29) is 11.7 Å². The summed E-state index contributed by atoms with van der Waals surface area (Å²) in [6.45, 7) is 4.61. The van der Waals surface area contributed by atoms with Gasteiger partial charge in [0.25, 0.3) is 0 Å². The maximum Gasteiger partial charge on any atom is 0.220 e. The zero-order chi connectivity index (χ0) is 16.5. The monoisotopic (exact) mass is 340 g/mol. The molecule has 1 aliphatic heterocycles. The minimum atomic E-state index is -0.233. The highest BCUT2D eigenvalue weighted by Gasteiger charge is 2.22. The van der Waals surface area contributed by atoms with Crippen LogP contribution in [0.1, 0.15) is 12.8 Å². The van der Waals surface area contributed by atoms with Gasteiger partial charge in [-0.3, -0.25) is 4.79 Å². The number of nitrogens with zero attached hydrogens (tertiary/aromatic N) is 1. The predicted octanol–water partition coefficient (Wildman–Crippen LogP) is 2.39. The second-order valence-corrected chi connectivity index (χ2v) is 6.97. The van der Waals surface area contributed by atoms with Gasteiger partial charge in [0, 0.05) is 43.8 Å². The molecular formula is C17H25FN2O2S. The fraction of sp³-hybridized carbons (Fsp3) is 0.588. The normalized spacial score (nSPS) is 18.3. The van der Waals surface area contributed by atoms with Crippen molar-refractivity contribution in [3.63, 3.8) is 0 Å². The van der Waals surface area contributed by atoms with Crippen molar-refractivity contribution in [2.45, 2.75) is 17.7 Å². The first-order valence-electron chi connectivity index (χ1n) is 8.03. The molecule has 1 aliphatic rings. The van der Waals surface area contributed by atoms with Crippen molar-refractivity contribution in [3.8, 4) is 0 Å². The second kappa shape index (κ2) is 9.90. The Morgan fingerprint density at radius 2 is 2.22 bits per heavy atom. The molecule has 1 aromatic rings. The number of amides is 1. The zero-order valence-corrected chi connectivity index (χ0v) is 14.4. The molecule has 1 atom stereocenters. The highest BCUT2D eigenvalue weighted by atomic mass is 32.2. The molecule has 4 nitrogen and oxygen atoms in total. The molecule has 0 aromatic heterocycles. The Morgan fingerprint density at radius 1 is 1.43 bits per heavy atom. The number of likely N-dealkylation sites (tertiary alicyclic amines) is 1. The van der Waals surface area contributed by atoms with Crippen LogP contribution in [0, 0.1) is 11.7 Å². The lowest BCUT2D eigenvalue weighted by atomic mass is 10.1. The van der Waals surface area contributed by atoms with E-state index < -0.39 is 0 Å². The Bertz CT molecular complexity index is 484. The Morgan fingerprint density at radius 3 is 2.96 bits per heavy atom. The molecule has 1 fully saturated rings. The molecule has 0 radical (unpaired) electrons. The number of ether oxygens (including phenoxy) is 1. The van der Waals surface area contributed by atoms with Crippen LogP contribution in [0.4, 0.5) is 4.39 Å². The van der Waals surface area contributed by atoms with Gasteiger partial charge in [0.2, 0.25) is 5.91 Å². The van der Waals surface area contributed by atoms with E-state index in [0.717, 1.165) is 44.1 Å². The van der Waals surface area contributed by atoms with Gasteiger partial charge >= 0.3 is 0 Å². The lowest BCUT2D eigenvalue weighted by Crippen LogP contribution is -2.31. The molecule has 1 aromatic carbocycles. The van der Waals surface area contributed by atoms with E-state index in [1.165, 1.54) is 12.1 Å². The van der Waals surface area contributed by atoms with Gasteiger partial charge in [0.15, 0.2) is 0 Å². The summed E-state index contributed by atoms with van der Waals surface area (Å²) < 4.78 is 17.9. The number of rotatable bonds is 9. The summed E-state index contributed by atoms with van der Waals surface area (Å²) in [4.78, 5) is 15.2. The quantitative estimate of drug-likeness (QED) is 0.701. The number of carbonyl (C=O) groups is 1. The molecule has 0 aliphatic carbocycles. The highest BCUT2D eigenvalue weighted by molar-refractivity contribution is 7.99. The number of hydrogen-bond donors (Lipinski definition) is 1. The average Bonchev–Trinajstić information content (AvgIpc) is 3.01. The van der Waals surface area contributed by atoms with E-state index in [9.17, 15) is 9.18 Å². The molecule has 6 heteroatoms. The number of methoxy groups -OCH3 is 1. The summed E-state index contributed by atoms with van der Waals surface area (Å²) in [7, 11) is 1.72. The van der Waals surface area contributed by atoms with E-state index >= 15 is 0 Å². The number of hydrogen-bond acceptors (Lipinski definition) is 4. The van der Waals surface area contributed by atoms with Crippen molar-refractivity contribution in [2.75, 3.05) is 45.6 Å². The summed E-state index contributed by atoms with van der Waals surface area (Å²) in [5, 5.41) is 3.03. The topological polar surface area (TPSA) is 41.6 Å². The lowest BCUT2D eigenvalue weighted by Gasteiger charge is -2.15. The van der Waals surface area contributed by atoms with Crippen LogP contribution in [0.25, 0.3) is 0 Å². The summed E-state index contributed by atoms with van der Waals surface area (Å²) in [5.41, 5.74) is 0. The number of nitrogens with one attached hydrogen (secondary N) is 1. The number of halogens is 1. The number of benzene rings is 1. The lowest BCUT2D eigenvalue weighted by molar-refractivity contribution is -0.120. The smallest absolute Gasteiger partial charge is 0.220 e. The Kier molecular flexibility index (Phi) is 7.85. The summed E-state index contributed by atoms with van der Waals surface area (Å²) in [6, 6.07) is 6.37. The van der Waals surface area contributed by atoms with Crippen LogP contribution in [0.5, 0.6) is 0 Å². The number of thioether (sulfide) groups is 1. The van der Waals surface area contributed by atoms with E-state index in [0.29, 0.717) is 18.1 Å². The minimum absolute atomic E-state index is 0.0925. The molecule has 0 saturated carbocycles. The molecule has 1 saturated heterocycles. The van der Waals surface area contributed by atoms with Gasteiger partial charge in [0.05, 0.1) is 6.61 Å². The van der Waals surface area contributed by atoms with Crippen LogP contribution in [0.3, 0.4) is 0 Å². The van der Waals surface area contributed by atoms with Gasteiger partial charge in [-0.05, 0) is 43.1 Å². The maximum absolute atomic E-state index is 12.8. The second-order valence-electron chi connectivity index (χ2n) is 5.80. The van der Waals surface area contributed by atoms with E-state index in [4.69, 9.17) is 4.74 Å². The molecule has 0 spiro atoms. The standard InChI is InChI=1S/C17H25FN2O2S/c1-22-10-9-20-8-6-14(13-20)12-19-17(21)7-11-23-16-4-2-15(18)3-5-16/h2-5,14H,6-13H2,1H3,(H,19,21)/t14-/m1/s1. The molecular weight excluding hydrogens is 315 g/mol. The van der Waals surface area contributed by atoms with Crippen molar-refractivity contribution in [1.29, 1.82) is 0 Å². The summed E-state index contributed by atoms with van der Waals surface area (Å²) in [5.74, 6) is 1.11. The van der Waals surface area contributed by atoms with Gasteiger partial charge in [-0.1, -0.05) is 0 Å². The SMILES string of the molecule is COCCN1CC[C@H](CNC(=O)CCSc2ccc(F)cc2)C1. The van der Waals surface area contributed by atoms with Crippen LogP contribution in [0.15, 0.2) is 29.2 Å². The van der Waals surface area contributed by atoms with E-state index in [1.807, 2.05) is 0 Å². The summed E-state index contributed by atoms with van der Waals surface area (Å²) >= 11 is 1.58. The van der Waals surface area contributed by atoms with Crippen LogP contribution in [-0.2, 0) is 9.53 Å². The average molecular weight is 340 g/mol. The highest BCUT2D eigenvalue weighted by Crippen LogP contribution is 2.19. The van der Waals surface area contributed by atoms with Crippen molar-refractivity contribution in [1.82, 2.24) is 10.2 Å². The van der Waals surface area contributed by atoms with E-state index in [1.54, 1.807) is 31.0 Å². The third-order valence-electron chi connectivity index (χ3n) is 3.98. The molecule has 0 bridgehead atoms. The molecule has 2 rings (SSSR count). The largest absolute Gasteiger partial charge is 0.383 e. The third-order valence-corrected chi connectivity index (χ3v) is 4.99. The molecule has 128 valence electrons. The Labute approximate surface area is 141 Å². The van der Waals surface area contributed by atoms with Crippen molar-refractivity contribution < 1.29 is 13.9 Å². The predicted molar refractivity (Wildman–Crippen MR) is 91.2 cm³/mol. The Hall–Kier alpha value is -1.11. The first-order valence-corrected chi connectivity index (χ1v) is 9.02. The van der Waals surface area contributed by atoms with Gasteiger partial charge in [0.1, 0.15) is 5.82 Å². The summed E-state index contributed by atoms with van der Waals surface area (Å²) in [6.07, 6.45) is 1.62.